The third kappa shape index (κ3) is 2.91. The van der Waals surface area contributed by atoms with Gasteiger partial charge in [-0.15, -0.1) is 0 Å². The van der Waals surface area contributed by atoms with E-state index in [1.54, 1.807) is 11.0 Å². The van der Waals surface area contributed by atoms with E-state index in [0.717, 1.165) is 16.7 Å². The molecule has 1 amide bonds. The van der Waals surface area contributed by atoms with Gasteiger partial charge in [0.25, 0.3) is 5.91 Å². The van der Waals surface area contributed by atoms with E-state index in [2.05, 4.69) is 0 Å². The number of nitrogens with zero attached hydrogens (tertiary/aromatic N) is 3. The minimum Gasteiger partial charge on any atom is -0.502 e. The van der Waals surface area contributed by atoms with Crippen LogP contribution >= 0.6 is 0 Å². The molecule has 1 N–H and O–H groups in total. The van der Waals surface area contributed by atoms with Crippen molar-refractivity contribution >= 4 is 18.1 Å². The van der Waals surface area contributed by atoms with Crippen LogP contribution < -0.4 is 10.4 Å². The summed E-state index contributed by atoms with van der Waals surface area (Å²) < 4.78 is 21.8. The molecular formula is C25H20FN3O4. The van der Waals surface area contributed by atoms with Crippen molar-refractivity contribution in [1.82, 2.24) is 9.58 Å². The third-order valence-corrected chi connectivity index (χ3v) is 6.52. The number of aromatic hydroxyl groups is 1. The van der Waals surface area contributed by atoms with Gasteiger partial charge in [0.05, 0.1) is 19.3 Å². The Labute approximate surface area is 188 Å². The minimum absolute atomic E-state index is 0.103. The number of morpholine rings is 1. The smallest absolute Gasteiger partial charge is 0.278 e. The van der Waals surface area contributed by atoms with Crippen molar-refractivity contribution < 1.29 is 19.0 Å². The molecule has 33 heavy (non-hydrogen) atoms. The molecule has 0 saturated carbocycles. The van der Waals surface area contributed by atoms with E-state index in [1.807, 2.05) is 41.4 Å². The van der Waals surface area contributed by atoms with Crippen LogP contribution in [-0.2, 0) is 4.74 Å². The number of fused-ring (bicyclic) bond motifs is 4. The van der Waals surface area contributed by atoms with Crippen LogP contribution in [-0.4, -0.2) is 46.5 Å². The quantitative estimate of drug-likeness (QED) is 0.624. The molecule has 1 fully saturated rings. The van der Waals surface area contributed by atoms with Crippen LogP contribution in [0, 0.1) is 5.82 Å². The zero-order valence-electron chi connectivity index (χ0n) is 17.5. The number of aromatic nitrogens is 1. The molecule has 0 spiro atoms. The summed E-state index contributed by atoms with van der Waals surface area (Å²) in [6.07, 6.45) is 4.90. The lowest BCUT2D eigenvalue weighted by atomic mass is 9.92. The summed E-state index contributed by atoms with van der Waals surface area (Å²) >= 11 is 0. The Morgan fingerprint density at radius 3 is 2.64 bits per heavy atom. The molecule has 7 nitrogen and oxygen atoms in total. The molecule has 1 saturated heterocycles. The number of benzene rings is 2. The van der Waals surface area contributed by atoms with Gasteiger partial charge in [-0.2, -0.15) is 0 Å². The molecule has 2 aromatic carbocycles. The molecule has 0 bridgehead atoms. The van der Waals surface area contributed by atoms with E-state index in [-0.39, 0.29) is 18.1 Å². The van der Waals surface area contributed by atoms with E-state index in [1.165, 1.54) is 29.1 Å². The van der Waals surface area contributed by atoms with E-state index in [0.29, 0.717) is 18.7 Å². The van der Waals surface area contributed by atoms with Crippen LogP contribution in [0.5, 0.6) is 5.75 Å². The SMILES string of the molecule is O=C1c2c(O)c(=O)ccn2N([C@H]2c3ccccc3C=Cc3ccc(F)cc32)[C@@H]2COCCN12. The van der Waals surface area contributed by atoms with E-state index >= 15 is 0 Å². The van der Waals surface area contributed by atoms with Gasteiger partial charge in [0.15, 0.2) is 11.4 Å². The second-order valence-corrected chi connectivity index (χ2v) is 8.29. The number of amides is 1. The fourth-order valence-corrected chi connectivity index (χ4v) is 5.01. The molecule has 0 radical (unpaired) electrons. The topological polar surface area (TPSA) is 75.0 Å². The first-order valence-corrected chi connectivity index (χ1v) is 10.7. The Kier molecular flexibility index (Phi) is 4.38. The van der Waals surface area contributed by atoms with Crippen molar-refractivity contribution in [3.05, 3.63) is 98.7 Å². The largest absolute Gasteiger partial charge is 0.502 e. The van der Waals surface area contributed by atoms with Gasteiger partial charge in [-0.05, 0) is 34.4 Å². The normalized spacial score (nSPS) is 21.1. The summed E-state index contributed by atoms with van der Waals surface area (Å²) in [5.74, 6) is -1.41. The molecule has 1 aliphatic carbocycles. The summed E-state index contributed by atoms with van der Waals surface area (Å²) in [4.78, 5) is 27.2. The maximum absolute atomic E-state index is 14.5. The van der Waals surface area contributed by atoms with Crippen molar-refractivity contribution in [1.29, 1.82) is 0 Å². The molecule has 2 aliphatic heterocycles. The lowest BCUT2D eigenvalue weighted by molar-refractivity contribution is -0.0197. The lowest BCUT2D eigenvalue weighted by Crippen LogP contribution is -2.66. The third-order valence-electron chi connectivity index (χ3n) is 6.52. The first kappa shape index (κ1) is 19.8. The molecule has 8 heteroatoms. The molecular weight excluding hydrogens is 425 g/mol. The highest BCUT2D eigenvalue weighted by Crippen LogP contribution is 2.40. The van der Waals surface area contributed by atoms with E-state index in [9.17, 15) is 19.1 Å². The maximum atomic E-state index is 14.5. The predicted octanol–water partition coefficient (Wildman–Crippen LogP) is 2.72. The molecule has 6 rings (SSSR count). The molecule has 3 aliphatic rings. The highest BCUT2D eigenvalue weighted by molar-refractivity contribution is 5.96. The van der Waals surface area contributed by atoms with Crippen LogP contribution in [0.4, 0.5) is 4.39 Å². The number of hydrogen-bond acceptors (Lipinski definition) is 5. The van der Waals surface area contributed by atoms with Gasteiger partial charge < -0.3 is 14.7 Å². The summed E-state index contributed by atoms with van der Waals surface area (Å²) in [6.45, 7) is 0.891. The van der Waals surface area contributed by atoms with Crippen LogP contribution in [0.3, 0.4) is 0 Å². The zero-order valence-corrected chi connectivity index (χ0v) is 17.5. The second kappa shape index (κ2) is 7.31. The number of hydrogen-bond donors (Lipinski definition) is 1. The molecule has 166 valence electrons. The van der Waals surface area contributed by atoms with Crippen LogP contribution in [0.25, 0.3) is 12.2 Å². The fraction of sp³-hybridized carbons (Fsp3) is 0.200. The highest BCUT2D eigenvalue weighted by atomic mass is 19.1. The van der Waals surface area contributed by atoms with Crippen LogP contribution in [0.1, 0.15) is 38.8 Å². The average Bonchev–Trinajstić information content (AvgIpc) is 2.98. The molecule has 2 atom stereocenters. The van der Waals surface area contributed by atoms with Gasteiger partial charge in [-0.3, -0.25) is 19.3 Å². The van der Waals surface area contributed by atoms with Gasteiger partial charge >= 0.3 is 0 Å². The van der Waals surface area contributed by atoms with Crippen LogP contribution in [0.2, 0.25) is 0 Å². The Hall–Kier alpha value is -3.91. The van der Waals surface area contributed by atoms with E-state index < -0.39 is 29.3 Å². The Morgan fingerprint density at radius 2 is 1.79 bits per heavy atom. The lowest BCUT2D eigenvalue weighted by Gasteiger charge is -2.51. The van der Waals surface area contributed by atoms with Crippen molar-refractivity contribution in [2.45, 2.75) is 12.2 Å². The minimum atomic E-state index is -0.629. The number of pyridine rings is 1. The highest BCUT2D eigenvalue weighted by Gasteiger charge is 2.45. The van der Waals surface area contributed by atoms with Crippen molar-refractivity contribution in [3.63, 3.8) is 0 Å². The van der Waals surface area contributed by atoms with Crippen molar-refractivity contribution in [3.8, 4) is 5.75 Å². The summed E-state index contributed by atoms with van der Waals surface area (Å²) in [5, 5.41) is 12.5. The van der Waals surface area contributed by atoms with Crippen LogP contribution in [0.15, 0.2) is 59.5 Å². The van der Waals surface area contributed by atoms with E-state index in [4.69, 9.17) is 4.74 Å². The first-order valence-electron chi connectivity index (χ1n) is 10.7. The monoisotopic (exact) mass is 445 g/mol. The Balaban J connectivity index is 1.67. The first-order chi connectivity index (χ1) is 16.0. The number of ether oxygens (including phenoxy) is 1. The van der Waals surface area contributed by atoms with Crippen molar-refractivity contribution in [2.75, 3.05) is 24.8 Å². The maximum Gasteiger partial charge on any atom is 0.278 e. The summed E-state index contributed by atoms with van der Waals surface area (Å²) in [7, 11) is 0. The standard InChI is InChI=1S/C25H20FN3O4/c26-17-8-7-16-6-5-15-3-1-2-4-18(15)22(19(16)13-17)29-21-14-33-12-11-27(21)25(32)23-24(31)20(30)9-10-28(23)29/h1-10,13,21-22,31H,11-12,14H2/t21-,22+/m1/s1. The Bertz CT molecular complexity index is 1380. The second-order valence-electron chi connectivity index (χ2n) is 8.29. The molecule has 1 aromatic heterocycles. The zero-order chi connectivity index (χ0) is 22.7. The summed E-state index contributed by atoms with van der Waals surface area (Å²) in [6, 6.07) is 13.2. The Morgan fingerprint density at radius 1 is 1.00 bits per heavy atom. The average molecular weight is 445 g/mol. The fourth-order valence-electron chi connectivity index (χ4n) is 5.01. The van der Waals surface area contributed by atoms with Gasteiger partial charge in [0.1, 0.15) is 12.0 Å². The van der Waals surface area contributed by atoms with Gasteiger partial charge in [-0.25, -0.2) is 4.39 Å². The van der Waals surface area contributed by atoms with Gasteiger partial charge in [0, 0.05) is 18.8 Å². The summed E-state index contributed by atoms with van der Waals surface area (Å²) in [5.41, 5.74) is 2.67. The van der Waals surface area contributed by atoms with Crippen molar-refractivity contribution in [2.24, 2.45) is 0 Å². The van der Waals surface area contributed by atoms with Gasteiger partial charge in [-0.1, -0.05) is 42.5 Å². The number of carbonyl (C=O) groups is 1. The number of rotatable bonds is 1. The number of halogens is 1. The van der Waals surface area contributed by atoms with Gasteiger partial charge in [0.2, 0.25) is 5.43 Å². The molecule has 3 aromatic rings. The molecule has 3 heterocycles. The molecule has 0 unspecified atom stereocenters. The number of carbonyl (C=O) groups excluding carboxylic acids is 1. The predicted molar refractivity (Wildman–Crippen MR) is 120 cm³/mol.